The molecule has 1 aromatic carbocycles. The molecule has 122 valence electrons. The summed E-state index contributed by atoms with van der Waals surface area (Å²) in [7, 11) is -3.29. The molecule has 1 amide bonds. The highest BCUT2D eigenvalue weighted by Crippen LogP contribution is 2.27. The van der Waals surface area contributed by atoms with Crippen LogP contribution in [0.15, 0.2) is 29.2 Å². The van der Waals surface area contributed by atoms with Crippen molar-refractivity contribution < 1.29 is 13.2 Å². The van der Waals surface area contributed by atoms with E-state index in [0.29, 0.717) is 29.6 Å². The van der Waals surface area contributed by atoms with Crippen LogP contribution in [-0.4, -0.2) is 51.2 Å². The van der Waals surface area contributed by atoms with E-state index in [2.05, 4.69) is 13.8 Å². The number of anilines is 1. The molecule has 0 spiro atoms. The van der Waals surface area contributed by atoms with Gasteiger partial charge in [-0.2, -0.15) is 0 Å². The molecule has 1 heterocycles. The van der Waals surface area contributed by atoms with E-state index in [0.717, 1.165) is 6.54 Å². The average Bonchev–Trinajstić information content (AvgIpc) is 2.49. The van der Waals surface area contributed by atoms with Gasteiger partial charge in [-0.05, 0) is 18.1 Å². The largest absolute Gasteiger partial charge is 0.359 e. The SMILES string of the molecule is CCS(=O)(=O)c1ccccc1N1CCN(CC(C)C)C(=O)C1. The number of sulfone groups is 1. The third kappa shape index (κ3) is 3.61. The number of benzene rings is 1. The Bertz CT molecular complexity index is 641. The number of nitrogens with zero attached hydrogens (tertiary/aromatic N) is 2. The lowest BCUT2D eigenvalue weighted by molar-refractivity contribution is -0.131. The summed E-state index contributed by atoms with van der Waals surface area (Å²) in [5, 5.41) is 0. The van der Waals surface area contributed by atoms with Gasteiger partial charge in [0.1, 0.15) is 0 Å². The third-order valence-electron chi connectivity index (χ3n) is 3.83. The Hall–Kier alpha value is -1.56. The normalized spacial score (nSPS) is 16.5. The Morgan fingerprint density at radius 1 is 1.18 bits per heavy atom. The van der Waals surface area contributed by atoms with Gasteiger partial charge < -0.3 is 9.80 Å². The molecule has 1 fully saturated rings. The van der Waals surface area contributed by atoms with Crippen LogP contribution in [0, 0.1) is 5.92 Å². The van der Waals surface area contributed by atoms with Gasteiger partial charge in [0.15, 0.2) is 9.84 Å². The highest BCUT2D eigenvalue weighted by Gasteiger charge is 2.27. The van der Waals surface area contributed by atoms with Gasteiger partial charge >= 0.3 is 0 Å². The van der Waals surface area contributed by atoms with Crippen molar-refractivity contribution in [2.24, 2.45) is 5.92 Å². The molecule has 22 heavy (non-hydrogen) atoms. The van der Waals surface area contributed by atoms with Crippen molar-refractivity contribution in [1.82, 2.24) is 4.90 Å². The molecule has 0 N–H and O–H groups in total. The van der Waals surface area contributed by atoms with E-state index in [1.54, 1.807) is 25.1 Å². The molecular weight excluding hydrogens is 300 g/mol. The van der Waals surface area contributed by atoms with Crippen LogP contribution in [0.1, 0.15) is 20.8 Å². The summed E-state index contributed by atoms with van der Waals surface area (Å²) in [4.78, 5) is 16.3. The lowest BCUT2D eigenvalue weighted by atomic mass is 10.1. The topological polar surface area (TPSA) is 57.7 Å². The minimum Gasteiger partial charge on any atom is -0.359 e. The molecule has 0 aromatic heterocycles. The zero-order valence-corrected chi connectivity index (χ0v) is 14.3. The van der Waals surface area contributed by atoms with E-state index < -0.39 is 9.84 Å². The summed E-state index contributed by atoms with van der Waals surface area (Å²) >= 11 is 0. The second kappa shape index (κ2) is 6.69. The molecular formula is C16H24N2O3S. The molecule has 1 aliphatic heterocycles. The first-order valence-corrected chi connectivity index (χ1v) is 9.35. The number of hydrogen-bond acceptors (Lipinski definition) is 4. The number of hydrogen-bond donors (Lipinski definition) is 0. The van der Waals surface area contributed by atoms with E-state index in [4.69, 9.17) is 0 Å². The second-order valence-corrected chi connectivity index (χ2v) is 8.27. The Balaban J connectivity index is 2.23. The van der Waals surface area contributed by atoms with Gasteiger partial charge in [0, 0.05) is 19.6 Å². The van der Waals surface area contributed by atoms with Crippen LogP contribution in [0.25, 0.3) is 0 Å². The Kier molecular flexibility index (Phi) is 5.11. The van der Waals surface area contributed by atoms with E-state index in [9.17, 15) is 13.2 Å². The summed E-state index contributed by atoms with van der Waals surface area (Å²) in [5.74, 6) is 0.553. The van der Waals surface area contributed by atoms with Crippen LogP contribution in [0.4, 0.5) is 5.69 Å². The first-order valence-electron chi connectivity index (χ1n) is 7.69. The minimum absolute atomic E-state index is 0.0589. The van der Waals surface area contributed by atoms with E-state index in [-0.39, 0.29) is 18.2 Å². The van der Waals surface area contributed by atoms with Crippen molar-refractivity contribution >= 4 is 21.4 Å². The van der Waals surface area contributed by atoms with Gasteiger partial charge in [-0.3, -0.25) is 4.79 Å². The van der Waals surface area contributed by atoms with Crippen molar-refractivity contribution in [2.45, 2.75) is 25.7 Å². The standard InChI is InChI=1S/C16H24N2O3S/c1-4-22(20,21)15-8-6-5-7-14(15)17-9-10-18(11-13(2)3)16(19)12-17/h5-8,13H,4,9-12H2,1-3H3. The third-order valence-corrected chi connectivity index (χ3v) is 5.60. The van der Waals surface area contributed by atoms with Crippen LogP contribution in [0.5, 0.6) is 0 Å². The lowest BCUT2D eigenvalue weighted by Crippen LogP contribution is -2.51. The lowest BCUT2D eigenvalue weighted by Gasteiger charge is -2.37. The minimum atomic E-state index is -3.29. The molecule has 5 nitrogen and oxygen atoms in total. The molecule has 0 radical (unpaired) electrons. The van der Waals surface area contributed by atoms with Crippen molar-refractivity contribution in [1.29, 1.82) is 0 Å². The van der Waals surface area contributed by atoms with Crippen LogP contribution in [0.3, 0.4) is 0 Å². The van der Waals surface area contributed by atoms with Crippen molar-refractivity contribution in [3.8, 4) is 0 Å². The molecule has 0 aliphatic carbocycles. The van der Waals surface area contributed by atoms with Crippen molar-refractivity contribution in [3.63, 3.8) is 0 Å². The van der Waals surface area contributed by atoms with Crippen LogP contribution in [-0.2, 0) is 14.6 Å². The van der Waals surface area contributed by atoms with Gasteiger partial charge in [-0.25, -0.2) is 8.42 Å². The van der Waals surface area contributed by atoms with Gasteiger partial charge in [0.25, 0.3) is 0 Å². The highest BCUT2D eigenvalue weighted by atomic mass is 32.2. The molecule has 1 aromatic rings. The molecule has 1 saturated heterocycles. The van der Waals surface area contributed by atoms with Gasteiger partial charge in [-0.15, -0.1) is 0 Å². The van der Waals surface area contributed by atoms with Gasteiger partial charge in [-0.1, -0.05) is 32.9 Å². The van der Waals surface area contributed by atoms with Crippen molar-refractivity contribution in [3.05, 3.63) is 24.3 Å². The number of carbonyl (C=O) groups excluding carboxylic acids is 1. The molecule has 0 unspecified atom stereocenters. The summed E-state index contributed by atoms with van der Waals surface area (Å²) in [6, 6.07) is 6.95. The summed E-state index contributed by atoms with van der Waals surface area (Å²) < 4.78 is 24.5. The van der Waals surface area contributed by atoms with E-state index >= 15 is 0 Å². The maximum Gasteiger partial charge on any atom is 0.242 e. The first kappa shape index (κ1) is 16.8. The summed E-state index contributed by atoms with van der Waals surface area (Å²) in [6.45, 7) is 8.10. The fourth-order valence-corrected chi connectivity index (χ4v) is 3.80. The van der Waals surface area contributed by atoms with Crippen LogP contribution >= 0.6 is 0 Å². The molecule has 6 heteroatoms. The highest BCUT2D eigenvalue weighted by molar-refractivity contribution is 7.91. The quantitative estimate of drug-likeness (QED) is 0.828. The van der Waals surface area contributed by atoms with E-state index in [1.165, 1.54) is 0 Å². The molecule has 2 rings (SSSR count). The summed E-state index contributed by atoms with van der Waals surface area (Å²) in [5.41, 5.74) is 0.641. The zero-order valence-electron chi connectivity index (χ0n) is 13.4. The predicted octanol–water partition coefficient (Wildman–Crippen LogP) is 1.78. The smallest absolute Gasteiger partial charge is 0.242 e. The monoisotopic (exact) mass is 324 g/mol. The Morgan fingerprint density at radius 3 is 2.45 bits per heavy atom. The molecule has 1 aliphatic rings. The number of carbonyl (C=O) groups is 1. The predicted molar refractivity (Wildman–Crippen MR) is 87.8 cm³/mol. The number of para-hydroxylation sites is 1. The fourth-order valence-electron chi connectivity index (χ4n) is 2.68. The van der Waals surface area contributed by atoms with E-state index in [1.807, 2.05) is 15.9 Å². The Labute approximate surface area is 132 Å². The number of piperazine rings is 1. The van der Waals surface area contributed by atoms with Crippen molar-refractivity contribution in [2.75, 3.05) is 36.8 Å². The maximum absolute atomic E-state index is 12.3. The number of amides is 1. The molecule has 0 saturated carbocycles. The Morgan fingerprint density at radius 2 is 1.86 bits per heavy atom. The average molecular weight is 324 g/mol. The fraction of sp³-hybridized carbons (Fsp3) is 0.562. The second-order valence-electron chi connectivity index (χ2n) is 6.03. The van der Waals surface area contributed by atoms with Gasteiger partial charge in [0.2, 0.25) is 5.91 Å². The number of rotatable bonds is 5. The first-order chi connectivity index (χ1) is 10.3. The molecule has 0 bridgehead atoms. The maximum atomic E-state index is 12.3. The van der Waals surface area contributed by atoms with Crippen LogP contribution in [0.2, 0.25) is 0 Å². The molecule has 0 atom stereocenters. The van der Waals surface area contributed by atoms with Crippen LogP contribution < -0.4 is 4.90 Å². The zero-order chi connectivity index (χ0) is 16.3. The van der Waals surface area contributed by atoms with Gasteiger partial charge in [0.05, 0.1) is 22.9 Å². The summed E-state index contributed by atoms with van der Waals surface area (Å²) in [6.07, 6.45) is 0.